The molecule has 0 saturated carbocycles. The minimum absolute atomic E-state index is 0.686. The molecule has 2 N–H and O–H groups in total. The number of benzene rings is 2. The summed E-state index contributed by atoms with van der Waals surface area (Å²) >= 11 is 0. The quantitative estimate of drug-likeness (QED) is 0.677. The number of para-hydroxylation sites is 4. The van der Waals surface area contributed by atoms with Crippen molar-refractivity contribution in [1.29, 1.82) is 0 Å². The first kappa shape index (κ1) is 18.1. The fraction of sp³-hybridized carbons (Fsp3) is 0.238. The van der Waals surface area contributed by atoms with Crippen molar-refractivity contribution in [2.75, 3.05) is 48.9 Å². The standard InChI is InChI=1S/C21H23N5O2/c1-27-19-9-5-3-7-17(19)25-21-14-20(22-15-23-21)24-16-6-2-4-8-18(16)26-10-12-28-13-11-26/h2-9,14-15H,10-13H2,1H3,(H2,22,23,24,25). The number of ether oxygens (including phenoxy) is 2. The Kier molecular flexibility index (Phi) is 5.53. The minimum atomic E-state index is 0.686. The first-order chi connectivity index (χ1) is 13.8. The summed E-state index contributed by atoms with van der Waals surface area (Å²) in [6.45, 7) is 3.25. The molecule has 7 heteroatoms. The molecule has 0 amide bonds. The lowest BCUT2D eigenvalue weighted by atomic mass is 10.2. The van der Waals surface area contributed by atoms with E-state index in [0.717, 1.165) is 49.1 Å². The number of nitrogens with zero attached hydrogens (tertiary/aromatic N) is 3. The number of hydrogen-bond acceptors (Lipinski definition) is 7. The molecule has 3 aromatic rings. The molecule has 0 atom stereocenters. The number of morpholine rings is 1. The maximum absolute atomic E-state index is 5.47. The third-order valence-electron chi connectivity index (χ3n) is 4.56. The van der Waals surface area contributed by atoms with Gasteiger partial charge in [-0.05, 0) is 24.3 Å². The van der Waals surface area contributed by atoms with Crippen molar-refractivity contribution in [2.45, 2.75) is 0 Å². The zero-order valence-electron chi connectivity index (χ0n) is 15.8. The van der Waals surface area contributed by atoms with E-state index in [9.17, 15) is 0 Å². The highest BCUT2D eigenvalue weighted by molar-refractivity contribution is 5.75. The zero-order chi connectivity index (χ0) is 19.2. The molecule has 0 aliphatic carbocycles. The molecule has 0 bridgehead atoms. The fourth-order valence-corrected chi connectivity index (χ4v) is 3.18. The van der Waals surface area contributed by atoms with Crippen molar-refractivity contribution >= 4 is 28.7 Å². The number of hydrogen-bond donors (Lipinski definition) is 2. The van der Waals surface area contributed by atoms with Crippen LogP contribution in [0.5, 0.6) is 5.75 Å². The van der Waals surface area contributed by atoms with Gasteiger partial charge in [-0.1, -0.05) is 24.3 Å². The summed E-state index contributed by atoms with van der Waals surface area (Å²) in [5.74, 6) is 2.16. The second kappa shape index (κ2) is 8.58. The van der Waals surface area contributed by atoms with Crippen molar-refractivity contribution < 1.29 is 9.47 Å². The molecule has 1 saturated heterocycles. The van der Waals surface area contributed by atoms with Gasteiger partial charge in [0.15, 0.2) is 0 Å². The zero-order valence-corrected chi connectivity index (χ0v) is 15.8. The highest BCUT2D eigenvalue weighted by Crippen LogP contribution is 2.30. The van der Waals surface area contributed by atoms with E-state index >= 15 is 0 Å². The normalized spacial score (nSPS) is 13.8. The molecular formula is C21H23N5O2. The molecule has 1 aromatic heterocycles. The molecule has 0 radical (unpaired) electrons. The molecule has 0 unspecified atom stereocenters. The van der Waals surface area contributed by atoms with Gasteiger partial charge in [-0.3, -0.25) is 0 Å². The molecule has 2 aromatic carbocycles. The van der Waals surface area contributed by atoms with Crippen LogP contribution in [0.3, 0.4) is 0 Å². The van der Waals surface area contributed by atoms with Gasteiger partial charge in [0.2, 0.25) is 0 Å². The van der Waals surface area contributed by atoms with Crippen LogP contribution < -0.4 is 20.3 Å². The van der Waals surface area contributed by atoms with Crippen LogP contribution in [0.2, 0.25) is 0 Å². The maximum atomic E-state index is 5.47. The largest absolute Gasteiger partial charge is 0.495 e. The van der Waals surface area contributed by atoms with Gasteiger partial charge < -0.3 is 25.0 Å². The number of methoxy groups -OCH3 is 1. The average Bonchev–Trinajstić information content (AvgIpc) is 2.75. The van der Waals surface area contributed by atoms with E-state index in [1.165, 1.54) is 6.33 Å². The molecule has 1 aliphatic rings. The molecule has 28 heavy (non-hydrogen) atoms. The van der Waals surface area contributed by atoms with Crippen LogP contribution in [-0.2, 0) is 4.74 Å². The molecular weight excluding hydrogens is 354 g/mol. The fourth-order valence-electron chi connectivity index (χ4n) is 3.18. The van der Waals surface area contributed by atoms with E-state index < -0.39 is 0 Å². The molecule has 0 spiro atoms. The lowest BCUT2D eigenvalue weighted by molar-refractivity contribution is 0.123. The number of aromatic nitrogens is 2. The van der Waals surface area contributed by atoms with Gasteiger partial charge in [0, 0.05) is 19.2 Å². The Morgan fingerprint density at radius 3 is 2.29 bits per heavy atom. The smallest absolute Gasteiger partial charge is 0.142 e. The molecule has 144 valence electrons. The van der Waals surface area contributed by atoms with Crippen LogP contribution >= 0.6 is 0 Å². The summed E-state index contributed by atoms with van der Waals surface area (Å²) < 4.78 is 10.9. The Balaban J connectivity index is 1.54. The van der Waals surface area contributed by atoms with E-state index in [1.54, 1.807) is 7.11 Å². The summed E-state index contributed by atoms with van der Waals surface area (Å²) in [6, 6.07) is 17.8. The third kappa shape index (κ3) is 4.15. The van der Waals surface area contributed by atoms with Crippen molar-refractivity contribution in [2.24, 2.45) is 0 Å². The van der Waals surface area contributed by atoms with E-state index in [-0.39, 0.29) is 0 Å². The van der Waals surface area contributed by atoms with Crippen LogP contribution in [0.15, 0.2) is 60.9 Å². The number of nitrogens with one attached hydrogen (secondary N) is 2. The van der Waals surface area contributed by atoms with Crippen LogP contribution in [0.1, 0.15) is 0 Å². The van der Waals surface area contributed by atoms with Crippen molar-refractivity contribution in [3.63, 3.8) is 0 Å². The van der Waals surface area contributed by atoms with Crippen LogP contribution in [0, 0.1) is 0 Å². The third-order valence-corrected chi connectivity index (χ3v) is 4.56. The topological polar surface area (TPSA) is 71.5 Å². The Morgan fingerprint density at radius 2 is 1.54 bits per heavy atom. The first-order valence-electron chi connectivity index (χ1n) is 9.24. The minimum Gasteiger partial charge on any atom is -0.495 e. The monoisotopic (exact) mass is 377 g/mol. The average molecular weight is 377 g/mol. The summed E-state index contributed by atoms with van der Waals surface area (Å²) in [7, 11) is 1.65. The summed E-state index contributed by atoms with van der Waals surface area (Å²) in [5.41, 5.74) is 3.00. The Bertz CT molecular complexity index is 928. The van der Waals surface area contributed by atoms with Gasteiger partial charge in [-0.25, -0.2) is 9.97 Å². The molecule has 4 rings (SSSR count). The maximum Gasteiger partial charge on any atom is 0.142 e. The van der Waals surface area contributed by atoms with Gasteiger partial charge in [-0.15, -0.1) is 0 Å². The van der Waals surface area contributed by atoms with E-state index in [2.05, 4.69) is 37.6 Å². The van der Waals surface area contributed by atoms with Gasteiger partial charge in [0.25, 0.3) is 0 Å². The predicted octanol–water partition coefficient (Wildman–Crippen LogP) is 3.81. The predicted molar refractivity (Wildman–Crippen MR) is 111 cm³/mol. The molecule has 7 nitrogen and oxygen atoms in total. The lowest BCUT2D eigenvalue weighted by Crippen LogP contribution is -2.36. The summed E-state index contributed by atoms with van der Waals surface area (Å²) in [5, 5.41) is 6.70. The van der Waals surface area contributed by atoms with E-state index in [4.69, 9.17) is 9.47 Å². The van der Waals surface area contributed by atoms with Crippen molar-refractivity contribution in [3.05, 3.63) is 60.9 Å². The van der Waals surface area contributed by atoms with Crippen LogP contribution in [0.25, 0.3) is 0 Å². The number of rotatable bonds is 6. The highest BCUT2D eigenvalue weighted by atomic mass is 16.5. The molecule has 2 heterocycles. The summed E-state index contributed by atoms with van der Waals surface area (Å²) in [4.78, 5) is 11.0. The van der Waals surface area contributed by atoms with Crippen molar-refractivity contribution in [3.8, 4) is 5.75 Å². The van der Waals surface area contributed by atoms with Gasteiger partial charge >= 0.3 is 0 Å². The van der Waals surface area contributed by atoms with E-state index in [1.807, 2.05) is 42.5 Å². The lowest BCUT2D eigenvalue weighted by Gasteiger charge is -2.30. The Morgan fingerprint density at radius 1 is 0.893 bits per heavy atom. The Labute approximate surface area is 164 Å². The summed E-state index contributed by atoms with van der Waals surface area (Å²) in [6.07, 6.45) is 1.54. The van der Waals surface area contributed by atoms with Crippen LogP contribution in [0.4, 0.5) is 28.7 Å². The van der Waals surface area contributed by atoms with Crippen molar-refractivity contribution in [1.82, 2.24) is 9.97 Å². The number of anilines is 5. The Hall–Kier alpha value is -3.32. The van der Waals surface area contributed by atoms with Crippen LogP contribution in [-0.4, -0.2) is 43.4 Å². The molecule has 1 fully saturated rings. The highest BCUT2D eigenvalue weighted by Gasteiger charge is 2.15. The van der Waals surface area contributed by atoms with Gasteiger partial charge in [-0.2, -0.15) is 0 Å². The first-order valence-corrected chi connectivity index (χ1v) is 9.24. The van der Waals surface area contributed by atoms with E-state index in [0.29, 0.717) is 11.6 Å². The van der Waals surface area contributed by atoms with Gasteiger partial charge in [0.05, 0.1) is 37.4 Å². The SMILES string of the molecule is COc1ccccc1Nc1cc(Nc2ccccc2N2CCOCC2)ncn1. The molecule has 1 aliphatic heterocycles. The second-order valence-corrected chi connectivity index (χ2v) is 6.36. The second-order valence-electron chi connectivity index (χ2n) is 6.36. The van der Waals surface area contributed by atoms with Gasteiger partial charge in [0.1, 0.15) is 23.7 Å².